The highest BCUT2D eigenvalue weighted by atomic mass is 19.1. The van der Waals surface area contributed by atoms with Crippen molar-refractivity contribution in [3.8, 4) is 5.75 Å². The van der Waals surface area contributed by atoms with Crippen molar-refractivity contribution in [3.63, 3.8) is 0 Å². The van der Waals surface area contributed by atoms with Gasteiger partial charge in [0.2, 0.25) is 0 Å². The standard InChI is InChI=1S/C25H23FN4O4/c26-21-8-4-5-9-22(21)29-24(32)25(33)30-28-16-19-10-12-20(13-11-19)34-17-23(31)27-15-14-18-6-2-1-3-7-18/h1-13,16H,14-15,17H2,(H,27,31)(H,29,32)(H,30,33)/b28-16-. The summed E-state index contributed by atoms with van der Waals surface area (Å²) in [5.41, 5.74) is 3.73. The van der Waals surface area contributed by atoms with Crippen molar-refractivity contribution < 1.29 is 23.5 Å². The first-order valence-corrected chi connectivity index (χ1v) is 10.4. The molecule has 0 saturated carbocycles. The van der Waals surface area contributed by atoms with Gasteiger partial charge in [0.05, 0.1) is 11.9 Å². The summed E-state index contributed by atoms with van der Waals surface area (Å²) in [4.78, 5) is 35.5. The van der Waals surface area contributed by atoms with Crippen LogP contribution in [0.3, 0.4) is 0 Å². The largest absolute Gasteiger partial charge is 0.484 e. The molecular formula is C25H23FN4O4. The Morgan fingerprint density at radius 2 is 1.59 bits per heavy atom. The second kappa shape index (κ2) is 12.5. The number of halogens is 1. The molecule has 174 valence electrons. The van der Waals surface area contributed by atoms with Crippen LogP contribution in [-0.2, 0) is 20.8 Å². The lowest BCUT2D eigenvalue weighted by molar-refractivity contribution is -0.136. The zero-order valence-corrected chi connectivity index (χ0v) is 18.2. The van der Waals surface area contributed by atoms with Gasteiger partial charge in [0, 0.05) is 6.54 Å². The van der Waals surface area contributed by atoms with Gasteiger partial charge in [-0.05, 0) is 53.9 Å². The topological polar surface area (TPSA) is 109 Å². The zero-order valence-electron chi connectivity index (χ0n) is 18.2. The number of hydrazone groups is 1. The number of hydrogen-bond acceptors (Lipinski definition) is 5. The first-order chi connectivity index (χ1) is 16.5. The molecule has 0 aliphatic rings. The van der Waals surface area contributed by atoms with Crippen LogP contribution in [0.25, 0.3) is 0 Å². The highest BCUT2D eigenvalue weighted by molar-refractivity contribution is 6.39. The second-order valence-electron chi connectivity index (χ2n) is 7.08. The Hall–Kier alpha value is -4.53. The lowest BCUT2D eigenvalue weighted by atomic mass is 10.1. The highest BCUT2D eigenvalue weighted by Crippen LogP contribution is 2.12. The fraction of sp³-hybridized carbons (Fsp3) is 0.120. The predicted octanol–water partition coefficient (Wildman–Crippen LogP) is 2.65. The summed E-state index contributed by atoms with van der Waals surface area (Å²) in [6.45, 7) is 0.404. The van der Waals surface area contributed by atoms with E-state index in [0.717, 1.165) is 18.1 Å². The molecule has 3 N–H and O–H groups in total. The average Bonchev–Trinajstić information content (AvgIpc) is 2.85. The maximum Gasteiger partial charge on any atom is 0.329 e. The van der Waals surface area contributed by atoms with Crippen LogP contribution in [0.1, 0.15) is 11.1 Å². The lowest BCUT2D eigenvalue weighted by Gasteiger charge is -2.08. The molecule has 0 unspecified atom stereocenters. The number of carbonyl (C=O) groups is 3. The van der Waals surface area contributed by atoms with E-state index in [4.69, 9.17) is 4.74 Å². The summed E-state index contributed by atoms with van der Waals surface area (Å²) in [6, 6.07) is 22.0. The molecule has 3 amide bonds. The number of amides is 3. The van der Waals surface area contributed by atoms with E-state index in [9.17, 15) is 18.8 Å². The average molecular weight is 462 g/mol. The zero-order chi connectivity index (χ0) is 24.2. The van der Waals surface area contributed by atoms with Gasteiger partial charge in [-0.25, -0.2) is 9.82 Å². The third-order valence-electron chi connectivity index (χ3n) is 4.54. The fourth-order valence-corrected chi connectivity index (χ4v) is 2.80. The Balaban J connectivity index is 1.37. The predicted molar refractivity (Wildman–Crippen MR) is 126 cm³/mol. The van der Waals surface area contributed by atoms with Gasteiger partial charge in [0.1, 0.15) is 11.6 Å². The number of nitrogens with one attached hydrogen (secondary N) is 3. The molecule has 0 aliphatic heterocycles. The van der Waals surface area contributed by atoms with Crippen LogP contribution in [0.4, 0.5) is 10.1 Å². The molecule has 0 bridgehead atoms. The minimum atomic E-state index is -1.05. The van der Waals surface area contributed by atoms with Crippen molar-refractivity contribution in [3.05, 3.63) is 95.8 Å². The Morgan fingerprint density at radius 3 is 2.32 bits per heavy atom. The third kappa shape index (κ3) is 7.86. The molecule has 0 spiro atoms. The van der Waals surface area contributed by atoms with Gasteiger partial charge in [-0.1, -0.05) is 42.5 Å². The van der Waals surface area contributed by atoms with E-state index in [1.165, 1.54) is 24.4 Å². The van der Waals surface area contributed by atoms with Crippen molar-refractivity contribution in [1.82, 2.24) is 10.7 Å². The maximum absolute atomic E-state index is 13.5. The maximum atomic E-state index is 13.5. The number of anilines is 1. The molecule has 0 aliphatic carbocycles. The number of benzene rings is 3. The van der Waals surface area contributed by atoms with Crippen molar-refractivity contribution in [2.75, 3.05) is 18.5 Å². The molecule has 0 saturated heterocycles. The normalized spacial score (nSPS) is 10.5. The van der Waals surface area contributed by atoms with Crippen molar-refractivity contribution in [2.24, 2.45) is 5.10 Å². The summed E-state index contributed by atoms with van der Waals surface area (Å²) in [5, 5.41) is 8.67. The van der Waals surface area contributed by atoms with Gasteiger partial charge in [-0.2, -0.15) is 5.10 Å². The van der Waals surface area contributed by atoms with Gasteiger partial charge in [-0.15, -0.1) is 0 Å². The second-order valence-corrected chi connectivity index (χ2v) is 7.08. The van der Waals surface area contributed by atoms with Crippen molar-refractivity contribution in [1.29, 1.82) is 0 Å². The highest BCUT2D eigenvalue weighted by Gasteiger charge is 2.14. The van der Waals surface area contributed by atoms with E-state index in [0.29, 0.717) is 17.9 Å². The van der Waals surface area contributed by atoms with Crippen LogP contribution >= 0.6 is 0 Å². The number of hydrogen-bond donors (Lipinski definition) is 3. The summed E-state index contributed by atoms with van der Waals surface area (Å²) in [6.07, 6.45) is 2.07. The number of carbonyl (C=O) groups excluding carboxylic acids is 3. The molecule has 0 radical (unpaired) electrons. The van der Waals surface area contributed by atoms with E-state index in [1.54, 1.807) is 24.3 Å². The van der Waals surface area contributed by atoms with E-state index < -0.39 is 17.6 Å². The molecular weight excluding hydrogens is 439 g/mol. The van der Waals surface area contributed by atoms with Gasteiger partial charge in [0.25, 0.3) is 5.91 Å². The van der Waals surface area contributed by atoms with Crippen LogP contribution in [-0.4, -0.2) is 37.1 Å². The van der Waals surface area contributed by atoms with E-state index >= 15 is 0 Å². The summed E-state index contributed by atoms with van der Waals surface area (Å²) in [7, 11) is 0. The molecule has 3 rings (SSSR count). The Morgan fingerprint density at radius 1 is 0.882 bits per heavy atom. The molecule has 34 heavy (non-hydrogen) atoms. The summed E-state index contributed by atoms with van der Waals surface area (Å²) < 4.78 is 19.0. The lowest BCUT2D eigenvalue weighted by Crippen LogP contribution is -2.32. The molecule has 3 aromatic rings. The number of rotatable bonds is 9. The first kappa shape index (κ1) is 24.1. The van der Waals surface area contributed by atoms with Gasteiger partial charge in [-0.3, -0.25) is 14.4 Å². The van der Waals surface area contributed by atoms with Crippen LogP contribution < -0.4 is 20.8 Å². The van der Waals surface area contributed by atoms with Crippen LogP contribution in [0.5, 0.6) is 5.75 Å². The number of ether oxygens (including phenoxy) is 1. The number of nitrogens with zero attached hydrogens (tertiary/aromatic N) is 1. The first-order valence-electron chi connectivity index (χ1n) is 10.4. The molecule has 0 heterocycles. The third-order valence-corrected chi connectivity index (χ3v) is 4.54. The van der Waals surface area contributed by atoms with Crippen molar-refractivity contribution in [2.45, 2.75) is 6.42 Å². The monoisotopic (exact) mass is 462 g/mol. The minimum absolute atomic E-state index is 0.105. The van der Waals surface area contributed by atoms with Gasteiger partial charge >= 0.3 is 11.8 Å². The van der Waals surface area contributed by atoms with Gasteiger partial charge < -0.3 is 15.4 Å². The van der Waals surface area contributed by atoms with Crippen LogP contribution in [0.15, 0.2) is 84.0 Å². The SMILES string of the molecule is O=C(COc1ccc(/C=N\NC(=O)C(=O)Nc2ccccc2F)cc1)NCCc1ccccc1. The Kier molecular flexibility index (Phi) is 8.86. The minimum Gasteiger partial charge on any atom is -0.484 e. The van der Waals surface area contributed by atoms with Crippen LogP contribution in [0, 0.1) is 5.82 Å². The smallest absolute Gasteiger partial charge is 0.329 e. The van der Waals surface area contributed by atoms with E-state index in [-0.39, 0.29) is 18.2 Å². The fourth-order valence-electron chi connectivity index (χ4n) is 2.80. The molecule has 8 nitrogen and oxygen atoms in total. The van der Waals surface area contributed by atoms with Gasteiger partial charge in [0.15, 0.2) is 6.61 Å². The number of para-hydroxylation sites is 1. The molecule has 9 heteroatoms. The summed E-state index contributed by atoms with van der Waals surface area (Å²) >= 11 is 0. The quantitative estimate of drug-likeness (QED) is 0.258. The molecule has 0 atom stereocenters. The van der Waals surface area contributed by atoms with E-state index in [2.05, 4.69) is 21.2 Å². The molecule has 0 fully saturated rings. The molecule has 0 aromatic heterocycles. The summed E-state index contributed by atoms with van der Waals surface area (Å²) in [5.74, 6) is -2.48. The van der Waals surface area contributed by atoms with Crippen LogP contribution in [0.2, 0.25) is 0 Å². The molecule has 3 aromatic carbocycles. The Bertz CT molecular complexity index is 1150. The van der Waals surface area contributed by atoms with Crippen molar-refractivity contribution >= 4 is 29.6 Å². The van der Waals surface area contributed by atoms with E-state index in [1.807, 2.05) is 30.3 Å². The Labute approximate surface area is 195 Å².